The molecule has 0 aromatic carbocycles. The molecule has 0 saturated carbocycles. The lowest BCUT2D eigenvalue weighted by Crippen LogP contribution is -2.42. The number of amides is 3. The summed E-state index contributed by atoms with van der Waals surface area (Å²) in [7, 11) is 0. The van der Waals surface area contributed by atoms with Crippen LogP contribution in [0, 0.1) is 5.92 Å². The fourth-order valence-electron chi connectivity index (χ4n) is 3.83. The van der Waals surface area contributed by atoms with Crippen molar-refractivity contribution in [1.29, 1.82) is 0 Å². The van der Waals surface area contributed by atoms with Crippen LogP contribution in [0.1, 0.15) is 38.5 Å². The number of hydrogen-bond acceptors (Lipinski definition) is 4. The molecule has 3 N–H and O–H groups in total. The van der Waals surface area contributed by atoms with Crippen LogP contribution in [0.2, 0.25) is 0 Å². The Morgan fingerprint density at radius 2 is 2.12 bits per heavy atom. The van der Waals surface area contributed by atoms with Crippen molar-refractivity contribution in [2.75, 3.05) is 18.8 Å². The number of piperidine rings is 1. The molecule has 3 aliphatic rings. The molecule has 3 fully saturated rings. The van der Waals surface area contributed by atoms with E-state index < -0.39 is 11.9 Å². The number of nitrogens with one attached hydrogen (secondary N) is 2. The summed E-state index contributed by atoms with van der Waals surface area (Å²) in [6.45, 7) is 1.04. The van der Waals surface area contributed by atoms with Gasteiger partial charge in [0.15, 0.2) is 0 Å². The third-order valence-corrected chi connectivity index (χ3v) is 6.70. The molecule has 0 aromatic heterocycles. The molecule has 3 rings (SSSR count). The Labute approximate surface area is 145 Å². The first kappa shape index (κ1) is 17.4. The van der Waals surface area contributed by atoms with Gasteiger partial charge in [-0.2, -0.15) is 11.8 Å². The van der Waals surface area contributed by atoms with Crippen molar-refractivity contribution in [3.63, 3.8) is 0 Å². The van der Waals surface area contributed by atoms with Crippen LogP contribution < -0.4 is 10.6 Å². The predicted molar refractivity (Wildman–Crippen MR) is 90.9 cm³/mol. The minimum absolute atomic E-state index is 0.0661. The van der Waals surface area contributed by atoms with Crippen LogP contribution in [-0.4, -0.2) is 64.1 Å². The first-order valence-electron chi connectivity index (χ1n) is 8.74. The van der Waals surface area contributed by atoms with E-state index in [4.69, 9.17) is 5.11 Å². The van der Waals surface area contributed by atoms with Gasteiger partial charge in [-0.25, -0.2) is 4.79 Å². The van der Waals surface area contributed by atoms with E-state index in [1.807, 2.05) is 11.8 Å². The first-order chi connectivity index (χ1) is 11.5. The van der Waals surface area contributed by atoms with Crippen LogP contribution in [0.5, 0.6) is 0 Å². The van der Waals surface area contributed by atoms with Gasteiger partial charge in [-0.05, 0) is 25.7 Å². The van der Waals surface area contributed by atoms with Gasteiger partial charge in [0.1, 0.15) is 0 Å². The molecule has 0 spiro atoms. The van der Waals surface area contributed by atoms with Crippen molar-refractivity contribution < 1.29 is 19.5 Å². The number of carbonyl (C=O) groups is 3. The van der Waals surface area contributed by atoms with Crippen molar-refractivity contribution >= 4 is 29.7 Å². The van der Waals surface area contributed by atoms with Gasteiger partial charge in [-0.15, -0.1) is 0 Å². The van der Waals surface area contributed by atoms with Crippen LogP contribution in [-0.2, 0) is 9.59 Å². The van der Waals surface area contributed by atoms with E-state index in [2.05, 4.69) is 10.6 Å². The van der Waals surface area contributed by atoms with E-state index in [0.717, 1.165) is 31.4 Å². The van der Waals surface area contributed by atoms with Crippen molar-refractivity contribution in [2.45, 2.75) is 55.9 Å². The maximum absolute atomic E-state index is 12.2. The number of carboxylic acids is 1. The second kappa shape index (κ2) is 7.63. The molecule has 3 aliphatic heterocycles. The molecule has 0 aromatic rings. The molecule has 134 valence electrons. The average molecular weight is 355 g/mol. The molecular weight excluding hydrogens is 330 g/mol. The zero-order valence-electron chi connectivity index (χ0n) is 13.7. The molecule has 4 atom stereocenters. The van der Waals surface area contributed by atoms with E-state index in [1.54, 1.807) is 4.90 Å². The third kappa shape index (κ3) is 3.96. The number of urea groups is 1. The number of rotatable bonds is 6. The quantitative estimate of drug-likeness (QED) is 0.488. The third-order valence-electron chi connectivity index (χ3n) is 5.19. The highest BCUT2D eigenvalue weighted by Gasteiger charge is 2.42. The van der Waals surface area contributed by atoms with Crippen molar-refractivity contribution in [3.05, 3.63) is 0 Å². The fourth-order valence-corrected chi connectivity index (χ4v) is 5.37. The van der Waals surface area contributed by atoms with Gasteiger partial charge in [-0.3, -0.25) is 9.59 Å². The molecule has 8 heteroatoms. The van der Waals surface area contributed by atoms with Crippen molar-refractivity contribution in [1.82, 2.24) is 15.5 Å². The topological polar surface area (TPSA) is 98.7 Å². The van der Waals surface area contributed by atoms with E-state index in [9.17, 15) is 14.4 Å². The van der Waals surface area contributed by atoms with E-state index in [0.29, 0.717) is 31.2 Å². The van der Waals surface area contributed by atoms with Gasteiger partial charge in [0, 0.05) is 30.5 Å². The number of hydrogen-bond donors (Lipinski definition) is 3. The highest BCUT2D eigenvalue weighted by atomic mass is 32.2. The largest absolute Gasteiger partial charge is 0.481 e. The summed E-state index contributed by atoms with van der Waals surface area (Å²) in [5.74, 6) is -0.175. The SMILES string of the molecule is O=C1NC2CSC(CCCCC(=O)N3CCCC(C(=O)O)C3)C2N1. The van der Waals surface area contributed by atoms with E-state index in [1.165, 1.54) is 0 Å². The van der Waals surface area contributed by atoms with Crippen LogP contribution in [0.15, 0.2) is 0 Å². The molecule has 3 amide bonds. The minimum Gasteiger partial charge on any atom is -0.481 e. The van der Waals surface area contributed by atoms with Gasteiger partial charge >= 0.3 is 12.0 Å². The maximum Gasteiger partial charge on any atom is 0.315 e. The second-order valence-electron chi connectivity index (χ2n) is 6.88. The van der Waals surface area contributed by atoms with Gasteiger partial charge in [-0.1, -0.05) is 6.42 Å². The zero-order valence-corrected chi connectivity index (χ0v) is 14.5. The molecule has 3 heterocycles. The Kier molecular flexibility index (Phi) is 5.53. The summed E-state index contributed by atoms with van der Waals surface area (Å²) >= 11 is 1.89. The Hall–Kier alpha value is -1.44. The summed E-state index contributed by atoms with van der Waals surface area (Å²) in [5.41, 5.74) is 0. The van der Waals surface area contributed by atoms with Crippen LogP contribution in [0.25, 0.3) is 0 Å². The molecule has 7 nitrogen and oxygen atoms in total. The first-order valence-corrected chi connectivity index (χ1v) is 9.78. The lowest BCUT2D eigenvalue weighted by atomic mass is 9.97. The van der Waals surface area contributed by atoms with Gasteiger partial charge < -0.3 is 20.6 Å². The summed E-state index contributed by atoms with van der Waals surface area (Å²) in [6, 6.07) is 0.399. The Morgan fingerprint density at radius 3 is 2.92 bits per heavy atom. The number of carboxylic acid groups (broad SMARTS) is 1. The molecule has 24 heavy (non-hydrogen) atoms. The number of unbranched alkanes of at least 4 members (excludes halogenated alkanes) is 1. The van der Waals surface area contributed by atoms with Crippen molar-refractivity contribution in [2.24, 2.45) is 5.92 Å². The number of carbonyl (C=O) groups excluding carboxylic acids is 2. The Balaban J connectivity index is 1.35. The summed E-state index contributed by atoms with van der Waals surface area (Å²) in [5, 5.41) is 15.4. The highest BCUT2D eigenvalue weighted by molar-refractivity contribution is 8.00. The Morgan fingerprint density at radius 1 is 1.29 bits per heavy atom. The predicted octanol–water partition coefficient (Wildman–Crippen LogP) is 1.04. The lowest BCUT2D eigenvalue weighted by molar-refractivity contribution is -0.145. The molecule has 3 saturated heterocycles. The number of nitrogens with zero attached hydrogens (tertiary/aromatic N) is 1. The second-order valence-corrected chi connectivity index (χ2v) is 8.16. The van der Waals surface area contributed by atoms with Gasteiger partial charge in [0.2, 0.25) is 5.91 Å². The summed E-state index contributed by atoms with van der Waals surface area (Å²) < 4.78 is 0. The number of likely N-dealkylation sites (tertiary alicyclic amines) is 1. The van der Waals surface area contributed by atoms with Crippen LogP contribution >= 0.6 is 11.8 Å². The number of aliphatic carboxylic acids is 1. The average Bonchev–Trinajstić information content (AvgIpc) is 3.11. The smallest absolute Gasteiger partial charge is 0.315 e. The normalized spacial score (nSPS) is 32.2. The number of thioether (sulfide) groups is 1. The maximum atomic E-state index is 12.2. The van der Waals surface area contributed by atoms with Crippen LogP contribution in [0.3, 0.4) is 0 Å². The van der Waals surface area contributed by atoms with E-state index in [-0.39, 0.29) is 24.0 Å². The van der Waals surface area contributed by atoms with Crippen molar-refractivity contribution in [3.8, 4) is 0 Å². The summed E-state index contributed by atoms with van der Waals surface area (Å²) in [6.07, 6.45) is 4.71. The molecular formula is C16H25N3O4S. The van der Waals surface area contributed by atoms with Gasteiger partial charge in [0.05, 0.1) is 18.0 Å². The lowest BCUT2D eigenvalue weighted by Gasteiger charge is -2.30. The monoisotopic (exact) mass is 355 g/mol. The zero-order chi connectivity index (χ0) is 17.1. The minimum atomic E-state index is -0.799. The Bertz CT molecular complexity index is 516. The fraction of sp³-hybridized carbons (Fsp3) is 0.812. The summed E-state index contributed by atoms with van der Waals surface area (Å²) in [4.78, 5) is 36.4. The molecule has 4 unspecified atom stereocenters. The van der Waals surface area contributed by atoms with Crippen LogP contribution in [0.4, 0.5) is 4.79 Å². The molecule has 0 radical (unpaired) electrons. The molecule has 0 bridgehead atoms. The van der Waals surface area contributed by atoms with Gasteiger partial charge in [0.25, 0.3) is 0 Å². The van der Waals surface area contributed by atoms with E-state index >= 15 is 0 Å². The highest BCUT2D eigenvalue weighted by Crippen LogP contribution is 2.33. The standard InChI is InChI=1S/C16H25N3O4S/c20-13(19-7-3-4-10(8-19)15(21)22)6-2-1-5-12-14-11(9-24-12)17-16(23)18-14/h10-12,14H,1-9H2,(H,21,22)(H2,17,18,23). The number of fused-ring (bicyclic) bond motifs is 1. The molecule has 0 aliphatic carbocycles.